The van der Waals surface area contributed by atoms with Crippen molar-refractivity contribution in [3.05, 3.63) is 0 Å². The van der Waals surface area contributed by atoms with Crippen molar-refractivity contribution in [1.82, 2.24) is 20.4 Å². The predicted octanol–water partition coefficient (Wildman–Crippen LogP) is 1.64. The van der Waals surface area contributed by atoms with Crippen LogP contribution in [0.2, 0.25) is 0 Å². The molecule has 2 atom stereocenters. The Morgan fingerprint density at radius 3 is 2.60 bits per heavy atom. The number of alkyl carbamates (subject to hydrolysis) is 1. The molecular formula is C18H35N5O2. The molecule has 7 heteroatoms. The number of aliphatic imine (C=N–C) groups is 1. The molecule has 2 unspecified atom stereocenters. The van der Waals surface area contributed by atoms with E-state index in [2.05, 4.69) is 39.4 Å². The van der Waals surface area contributed by atoms with Gasteiger partial charge in [0, 0.05) is 38.8 Å². The first-order valence-electron chi connectivity index (χ1n) is 9.36. The SMILES string of the molecule is CN=C(NCC(C)N(C)C1CC1)N1CCC(NC(=O)OC(C)(C)C)C1. The number of ether oxygens (including phenoxy) is 1. The molecule has 1 saturated carbocycles. The van der Waals surface area contributed by atoms with Crippen LogP contribution in [0.5, 0.6) is 0 Å². The average Bonchev–Trinajstić information content (AvgIpc) is 3.26. The highest BCUT2D eigenvalue weighted by Gasteiger charge is 2.30. The molecule has 1 saturated heterocycles. The zero-order valence-electron chi connectivity index (χ0n) is 16.6. The Morgan fingerprint density at radius 1 is 1.36 bits per heavy atom. The average molecular weight is 354 g/mol. The topological polar surface area (TPSA) is 69.2 Å². The van der Waals surface area contributed by atoms with E-state index < -0.39 is 5.60 Å². The van der Waals surface area contributed by atoms with Crippen molar-refractivity contribution in [2.75, 3.05) is 33.7 Å². The van der Waals surface area contributed by atoms with Crippen LogP contribution in [0, 0.1) is 0 Å². The number of hydrogen-bond donors (Lipinski definition) is 2. The molecular weight excluding hydrogens is 318 g/mol. The summed E-state index contributed by atoms with van der Waals surface area (Å²) < 4.78 is 5.34. The Bertz CT molecular complexity index is 484. The Morgan fingerprint density at radius 2 is 2.04 bits per heavy atom. The molecule has 2 aliphatic rings. The van der Waals surface area contributed by atoms with Gasteiger partial charge in [-0.1, -0.05) is 0 Å². The van der Waals surface area contributed by atoms with E-state index >= 15 is 0 Å². The first kappa shape index (κ1) is 19.8. The van der Waals surface area contributed by atoms with Crippen molar-refractivity contribution in [3.63, 3.8) is 0 Å². The molecule has 1 amide bonds. The fraction of sp³-hybridized carbons (Fsp3) is 0.889. The maximum atomic E-state index is 11.9. The number of amides is 1. The number of guanidine groups is 1. The van der Waals surface area contributed by atoms with Crippen molar-refractivity contribution >= 4 is 12.1 Å². The minimum atomic E-state index is -0.469. The monoisotopic (exact) mass is 353 g/mol. The zero-order valence-corrected chi connectivity index (χ0v) is 16.6. The summed E-state index contributed by atoms with van der Waals surface area (Å²) in [6.45, 7) is 10.4. The summed E-state index contributed by atoms with van der Waals surface area (Å²) in [6, 6.07) is 1.33. The van der Waals surface area contributed by atoms with Crippen molar-refractivity contribution in [2.24, 2.45) is 4.99 Å². The molecule has 0 aromatic carbocycles. The lowest BCUT2D eigenvalue weighted by molar-refractivity contribution is 0.0507. The van der Waals surface area contributed by atoms with Gasteiger partial charge in [0.25, 0.3) is 0 Å². The predicted molar refractivity (Wildman–Crippen MR) is 101 cm³/mol. The molecule has 0 spiro atoms. The van der Waals surface area contributed by atoms with E-state index in [1.807, 2.05) is 27.8 Å². The number of rotatable bonds is 5. The van der Waals surface area contributed by atoms with Crippen LogP contribution in [-0.4, -0.2) is 79.3 Å². The molecule has 25 heavy (non-hydrogen) atoms. The summed E-state index contributed by atoms with van der Waals surface area (Å²) in [7, 11) is 4.01. The quantitative estimate of drug-likeness (QED) is 0.581. The lowest BCUT2D eigenvalue weighted by atomic mass is 10.2. The van der Waals surface area contributed by atoms with Crippen molar-refractivity contribution in [2.45, 2.75) is 70.7 Å². The summed E-state index contributed by atoms with van der Waals surface area (Å²) >= 11 is 0. The molecule has 0 aromatic heterocycles. The van der Waals surface area contributed by atoms with Crippen molar-refractivity contribution in [3.8, 4) is 0 Å². The third kappa shape index (κ3) is 6.38. The third-order valence-corrected chi connectivity index (χ3v) is 4.79. The molecule has 1 aliphatic heterocycles. The second-order valence-corrected chi connectivity index (χ2v) is 8.25. The van der Waals surface area contributed by atoms with Crippen LogP contribution < -0.4 is 10.6 Å². The molecule has 2 rings (SSSR count). The smallest absolute Gasteiger partial charge is 0.407 e. The lowest BCUT2D eigenvalue weighted by Gasteiger charge is -2.28. The first-order valence-corrected chi connectivity index (χ1v) is 9.36. The number of carbonyl (C=O) groups is 1. The lowest BCUT2D eigenvalue weighted by Crippen LogP contribution is -2.47. The maximum Gasteiger partial charge on any atom is 0.407 e. The molecule has 2 fully saturated rings. The highest BCUT2D eigenvalue weighted by molar-refractivity contribution is 5.80. The van der Waals surface area contributed by atoms with E-state index in [4.69, 9.17) is 4.74 Å². The first-order chi connectivity index (χ1) is 11.7. The second kappa shape index (κ2) is 8.25. The number of hydrogen-bond acceptors (Lipinski definition) is 4. The highest BCUT2D eigenvalue weighted by Crippen LogP contribution is 2.26. The molecule has 0 bridgehead atoms. The molecule has 0 radical (unpaired) electrons. The summed E-state index contributed by atoms with van der Waals surface area (Å²) in [6.07, 6.45) is 3.19. The van der Waals surface area contributed by atoms with E-state index in [0.717, 1.165) is 38.1 Å². The number of likely N-dealkylation sites (N-methyl/N-ethyl adjacent to an activating group) is 1. The zero-order chi connectivity index (χ0) is 18.6. The Balaban J connectivity index is 1.75. The van der Waals surface area contributed by atoms with Crippen LogP contribution in [0.4, 0.5) is 4.79 Å². The van der Waals surface area contributed by atoms with Crippen LogP contribution in [0.3, 0.4) is 0 Å². The van der Waals surface area contributed by atoms with Gasteiger partial charge in [-0.15, -0.1) is 0 Å². The molecule has 2 N–H and O–H groups in total. The minimum absolute atomic E-state index is 0.0972. The summed E-state index contributed by atoms with van der Waals surface area (Å²) in [5.74, 6) is 0.907. The standard InChI is InChI=1S/C18H35N5O2/c1-13(22(6)15-7-8-15)11-20-16(19-5)23-10-9-14(12-23)21-17(24)25-18(2,3)4/h13-15H,7-12H2,1-6H3,(H,19,20)(H,21,24). The van der Waals surface area contributed by atoms with E-state index in [1.54, 1.807) is 0 Å². The Labute approximate surface area is 152 Å². The van der Waals surface area contributed by atoms with Crippen molar-refractivity contribution in [1.29, 1.82) is 0 Å². The highest BCUT2D eigenvalue weighted by atomic mass is 16.6. The number of nitrogens with zero attached hydrogens (tertiary/aromatic N) is 3. The van der Waals surface area contributed by atoms with Gasteiger partial charge in [0.1, 0.15) is 5.60 Å². The Hall–Kier alpha value is -1.50. The van der Waals surface area contributed by atoms with Crippen molar-refractivity contribution < 1.29 is 9.53 Å². The molecule has 0 aromatic rings. The number of carbonyl (C=O) groups excluding carboxylic acids is 1. The van der Waals surface area contributed by atoms with Gasteiger partial charge >= 0.3 is 6.09 Å². The van der Waals surface area contributed by atoms with E-state index in [0.29, 0.717) is 6.04 Å². The van der Waals surface area contributed by atoms with Gasteiger partial charge in [0.2, 0.25) is 0 Å². The van der Waals surface area contributed by atoms with Gasteiger partial charge in [-0.3, -0.25) is 9.89 Å². The molecule has 144 valence electrons. The van der Waals surface area contributed by atoms with Gasteiger partial charge in [-0.2, -0.15) is 0 Å². The van der Waals surface area contributed by atoms with Crippen LogP contribution in [-0.2, 0) is 4.74 Å². The fourth-order valence-corrected chi connectivity index (χ4v) is 3.10. The normalized spacial score (nSPS) is 22.9. The van der Waals surface area contributed by atoms with Gasteiger partial charge in [0.05, 0.1) is 6.04 Å². The number of nitrogens with one attached hydrogen (secondary N) is 2. The van der Waals surface area contributed by atoms with E-state index in [9.17, 15) is 4.79 Å². The van der Waals surface area contributed by atoms with Crippen LogP contribution in [0.25, 0.3) is 0 Å². The van der Waals surface area contributed by atoms with E-state index in [1.165, 1.54) is 12.8 Å². The minimum Gasteiger partial charge on any atom is -0.444 e. The van der Waals surface area contributed by atoms with Crippen LogP contribution >= 0.6 is 0 Å². The molecule has 7 nitrogen and oxygen atoms in total. The van der Waals surface area contributed by atoms with E-state index in [-0.39, 0.29) is 12.1 Å². The molecule has 1 aliphatic carbocycles. The molecule has 1 heterocycles. The fourth-order valence-electron chi connectivity index (χ4n) is 3.10. The summed E-state index contributed by atoms with van der Waals surface area (Å²) in [4.78, 5) is 21.0. The van der Waals surface area contributed by atoms with Crippen LogP contribution in [0.15, 0.2) is 4.99 Å². The largest absolute Gasteiger partial charge is 0.444 e. The van der Waals surface area contributed by atoms with Gasteiger partial charge < -0.3 is 20.3 Å². The second-order valence-electron chi connectivity index (χ2n) is 8.25. The summed E-state index contributed by atoms with van der Waals surface area (Å²) in [5, 5.41) is 6.43. The third-order valence-electron chi connectivity index (χ3n) is 4.79. The Kier molecular flexibility index (Phi) is 6.54. The summed E-state index contributed by atoms with van der Waals surface area (Å²) in [5.41, 5.74) is -0.469. The maximum absolute atomic E-state index is 11.9. The number of likely N-dealkylation sites (tertiary alicyclic amines) is 1. The van der Waals surface area contributed by atoms with Gasteiger partial charge in [0.15, 0.2) is 5.96 Å². The van der Waals surface area contributed by atoms with Gasteiger partial charge in [-0.25, -0.2) is 4.79 Å². The van der Waals surface area contributed by atoms with Crippen LogP contribution in [0.1, 0.15) is 47.0 Å². The van der Waals surface area contributed by atoms with Gasteiger partial charge in [-0.05, 0) is 54.0 Å².